The first-order valence-corrected chi connectivity index (χ1v) is 5.86. The van der Waals surface area contributed by atoms with Crippen LogP contribution in [0.5, 0.6) is 0 Å². The Bertz CT molecular complexity index is 441. The Morgan fingerprint density at radius 1 is 1.44 bits per heavy atom. The molecule has 7 heteroatoms. The highest BCUT2D eigenvalue weighted by Crippen LogP contribution is 2.37. The summed E-state index contributed by atoms with van der Waals surface area (Å²) in [6.45, 7) is -0.0912. The molecule has 0 unspecified atom stereocenters. The van der Waals surface area contributed by atoms with Crippen LogP contribution in [0, 0.1) is 0 Å². The summed E-state index contributed by atoms with van der Waals surface area (Å²) in [5.41, 5.74) is -1.37. The topological polar surface area (TPSA) is 45.1 Å². The van der Waals surface area contributed by atoms with E-state index in [2.05, 4.69) is 10.3 Å². The van der Waals surface area contributed by atoms with E-state index in [9.17, 15) is 18.3 Å². The number of rotatable bonds is 3. The summed E-state index contributed by atoms with van der Waals surface area (Å²) >= 11 is 5.77. The van der Waals surface area contributed by atoms with Gasteiger partial charge in [-0.2, -0.15) is 13.2 Å². The van der Waals surface area contributed by atoms with Gasteiger partial charge in [0.15, 0.2) is 0 Å². The first kappa shape index (κ1) is 13.4. The molecule has 0 amide bonds. The van der Waals surface area contributed by atoms with Gasteiger partial charge in [-0.15, -0.1) is 0 Å². The highest BCUT2D eigenvalue weighted by Gasteiger charge is 2.37. The number of halogens is 4. The van der Waals surface area contributed by atoms with Crippen molar-refractivity contribution >= 4 is 17.4 Å². The number of aliphatic hydroxyl groups is 1. The average molecular weight is 281 g/mol. The number of nitrogens with one attached hydrogen (secondary N) is 1. The third-order valence-corrected chi connectivity index (χ3v) is 3.45. The lowest BCUT2D eigenvalue weighted by Crippen LogP contribution is -2.48. The maximum Gasteiger partial charge on any atom is 0.417 e. The third-order valence-electron chi connectivity index (χ3n) is 3.17. The Kier molecular flexibility index (Phi) is 3.42. The molecule has 0 aliphatic heterocycles. The first-order valence-electron chi connectivity index (χ1n) is 5.48. The summed E-state index contributed by atoms with van der Waals surface area (Å²) in [6, 6.07) is 0.834. The Morgan fingerprint density at radius 3 is 2.50 bits per heavy atom. The van der Waals surface area contributed by atoms with Crippen LogP contribution in [0.4, 0.5) is 19.0 Å². The lowest BCUT2D eigenvalue weighted by molar-refractivity contribution is -0.137. The minimum atomic E-state index is -4.46. The van der Waals surface area contributed by atoms with Gasteiger partial charge >= 0.3 is 6.18 Å². The summed E-state index contributed by atoms with van der Waals surface area (Å²) in [6.07, 6.45) is -1.25. The Hall–Kier alpha value is -1.01. The fourth-order valence-corrected chi connectivity index (χ4v) is 2.08. The van der Waals surface area contributed by atoms with Crippen molar-refractivity contribution in [3.63, 3.8) is 0 Å². The second-order valence-corrected chi connectivity index (χ2v) is 4.88. The lowest BCUT2D eigenvalue weighted by Gasteiger charge is -2.41. The van der Waals surface area contributed by atoms with Crippen molar-refractivity contribution in [2.75, 3.05) is 11.9 Å². The molecule has 1 aliphatic rings. The zero-order valence-corrected chi connectivity index (χ0v) is 10.1. The van der Waals surface area contributed by atoms with Crippen molar-refractivity contribution < 1.29 is 18.3 Å². The van der Waals surface area contributed by atoms with Crippen LogP contribution in [0.3, 0.4) is 0 Å². The van der Waals surface area contributed by atoms with E-state index in [4.69, 9.17) is 11.6 Å². The molecule has 0 radical (unpaired) electrons. The normalized spacial score (nSPS) is 18.3. The maximum atomic E-state index is 12.4. The van der Waals surface area contributed by atoms with Gasteiger partial charge in [0.25, 0.3) is 0 Å². The van der Waals surface area contributed by atoms with Gasteiger partial charge in [0.1, 0.15) is 5.82 Å². The quantitative estimate of drug-likeness (QED) is 0.894. The minimum Gasteiger partial charge on any atom is -0.394 e. The van der Waals surface area contributed by atoms with Crippen LogP contribution in [0.1, 0.15) is 24.8 Å². The van der Waals surface area contributed by atoms with E-state index in [1.54, 1.807) is 0 Å². The van der Waals surface area contributed by atoms with Crippen LogP contribution in [0.2, 0.25) is 5.02 Å². The zero-order chi connectivity index (χ0) is 13.4. The van der Waals surface area contributed by atoms with Crippen molar-refractivity contribution in [3.8, 4) is 0 Å². The molecule has 1 heterocycles. The summed E-state index contributed by atoms with van der Waals surface area (Å²) in [4.78, 5) is 3.69. The highest BCUT2D eigenvalue weighted by atomic mass is 35.5. The molecule has 1 aromatic rings. The Balaban J connectivity index is 2.20. The van der Waals surface area contributed by atoms with Crippen molar-refractivity contribution in [3.05, 3.63) is 22.8 Å². The number of pyridine rings is 1. The van der Waals surface area contributed by atoms with Gasteiger partial charge in [0.05, 0.1) is 22.7 Å². The maximum absolute atomic E-state index is 12.4. The molecule has 1 aromatic heterocycles. The van der Waals surface area contributed by atoms with Gasteiger partial charge in [-0.1, -0.05) is 11.6 Å². The first-order chi connectivity index (χ1) is 8.36. The number of hydrogen-bond donors (Lipinski definition) is 2. The molecule has 100 valence electrons. The monoisotopic (exact) mass is 280 g/mol. The predicted octanol–water partition coefficient (Wildman–Crippen LogP) is 3.08. The fourth-order valence-electron chi connectivity index (χ4n) is 1.86. The summed E-state index contributed by atoms with van der Waals surface area (Å²) < 4.78 is 37.3. The van der Waals surface area contributed by atoms with Gasteiger partial charge in [-0.25, -0.2) is 4.98 Å². The van der Waals surface area contributed by atoms with E-state index in [1.807, 2.05) is 0 Å². The van der Waals surface area contributed by atoms with Gasteiger partial charge in [-0.05, 0) is 25.3 Å². The van der Waals surface area contributed by atoms with E-state index in [0.29, 0.717) is 0 Å². The van der Waals surface area contributed by atoms with Crippen LogP contribution >= 0.6 is 11.6 Å². The smallest absolute Gasteiger partial charge is 0.394 e. The number of anilines is 1. The van der Waals surface area contributed by atoms with Crippen LogP contribution in [-0.2, 0) is 6.18 Å². The van der Waals surface area contributed by atoms with E-state index >= 15 is 0 Å². The largest absolute Gasteiger partial charge is 0.417 e. The number of hydrogen-bond acceptors (Lipinski definition) is 3. The van der Waals surface area contributed by atoms with E-state index in [1.165, 1.54) is 0 Å². The van der Waals surface area contributed by atoms with Crippen molar-refractivity contribution in [2.24, 2.45) is 0 Å². The molecule has 0 bridgehead atoms. The summed E-state index contributed by atoms with van der Waals surface area (Å²) in [5.74, 6) is 0.179. The lowest BCUT2D eigenvalue weighted by atomic mass is 9.77. The standard InChI is InChI=1S/C11H12ClF3N2O/c12-8-4-7(11(13,14)15)5-16-9(8)17-10(6-18)2-1-3-10/h4-5,18H,1-3,6H2,(H,16,17). The summed E-state index contributed by atoms with van der Waals surface area (Å²) in [5, 5.41) is 12.1. The number of nitrogens with zero attached hydrogens (tertiary/aromatic N) is 1. The van der Waals surface area contributed by atoms with Crippen LogP contribution < -0.4 is 5.32 Å². The molecular formula is C11H12ClF3N2O. The Labute approximate surface area is 107 Å². The van der Waals surface area contributed by atoms with E-state index in [0.717, 1.165) is 31.5 Å². The van der Waals surface area contributed by atoms with Gasteiger partial charge in [-0.3, -0.25) is 0 Å². The van der Waals surface area contributed by atoms with Crippen LogP contribution in [0.15, 0.2) is 12.3 Å². The molecule has 1 saturated carbocycles. The molecule has 0 spiro atoms. The van der Waals surface area contributed by atoms with Crippen molar-refractivity contribution in [2.45, 2.75) is 31.0 Å². The molecule has 0 saturated heterocycles. The molecular weight excluding hydrogens is 269 g/mol. The molecule has 0 atom stereocenters. The Morgan fingerprint density at radius 2 is 2.11 bits per heavy atom. The van der Waals surface area contributed by atoms with E-state index < -0.39 is 17.3 Å². The zero-order valence-electron chi connectivity index (χ0n) is 9.39. The van der Waals surface area contributed by atoms with Crippen LogP contribution in [0.25, 0.3) is 0 Å². The SMILES string of the molecule is OCC1(Nc2ncc(C(F)(F)F)cc2Cl)CCC1. The number of aliphatic hydroxyl groups excluding tert-OH is 1. The van der Waals surface area contributed by atoms with Crippen molar-refractivity contribution in [1.82, 2.24) is 4.98 Å². The molecule has 1 aliphatic carbocycles. The van der Waals surface area contributed by atoms with Gasteiger partial charge < -0.3 is 10.4 Å². The fraction of sp³-hybridized carbons (Fsp3) is 0.545. The third kappa shape index (κ3) is 2.54. The molecule has 18 heavy (non-hydrogen) atoms. The summed E-state index contributed by atoms with van der Waals surface area (Å²) in [7, 11) is 0. The second-order valence-electron chi connectivity index (χ2n) is 4.47. The average Bonchev–Trinajstić information content (AvgIpc) is 2.24. The van der Waals surface area contributed by atoms with Gasteiger partial charge in [0.2, 0.25) is 0 Å². The van der Waals surface area contributed by atoms with E-state index in [-0.39, 0.29) is 17.4 Å². The number of alkyl halides is 3. The highest BCUT2D eigenvalue weighted by molar-refractivity contribution is 6.33. The molecule has 2 N–H and O–H groups in total. The second kappa shape index (κ2) is 4.59. The van der Waals surface area contributed by atoms with Gasteiger partial charge in [0, 0.05) is 6.20 Å². The molecule has 0 aromatic carbocycles. The van der Waals surface area contributed by atoms with Crippen molar-refractivity contribution in [1.29, 1.82) is 0 Å². The minimum absolute atomic E-state index is 0.0912. The molecule has 2 rings (SSSR count). The van der Waals surface area contributed by atoms with Crippen LogP contribution in [-0.4, -0.2) is 22.2 Å². The predicted molar refractivity (Wildman–Crippen MR) is 61.5 cm³/mol. The molecule has 1 fully saturated rings. The molecule has 3 nitrogen and oxygen atoms in total. The number of aromatic nitrogens is 1.